The van der Waals surface area contributed by atoms with Gasteiger partial charge in [-0.25, -0.2) is 0 Å². The van der Waals surface area contributed by atoms with E-state index in [2.05, 4.69) is 43.5 Å². The third-order valence-electron chi connectivity index (χ3n) is 2.61. The first kappa shape index (κ1) is 11.2. The van der Waals surface area contributed by atoms with Gasteiger partial charge in [0.1, 0.15) is 0 Å². The summed E-state index contributed by atoms with van der Waals surface area (Å²) >= 11 is 0. The highest BCUT2D eigenvalue weighted by molar-refractivity contribution is 5.14. The van der Waals surface area contributed by atoms with Crippen molar-refractivity contribution in [2.45, 2.75) is 32.7 Å². The zero-order chi connectivity index (χ0) is 10.4. The third kappa shape index (κ3) is 3.48. The van der Waals surface area contributed by atoms with Gasteiger partial charge in [-0.3, -0.25) is 11.3 Å². The Morgan fingerprint density at radius 3 is 2.36 bits per heavy atom. The van der Waals surface area contributed by atoms with Gasteiger partial charge in [0, 0.05) is 6.04 Å². The fraction of sp³-hybridized carbons (Fsp3) is 0.500. The van der Waals surface area contributed by atoms with Crippen LogP contribution in [0.5, 0.6) is 0 Å². The first-order chi connectivity index (χ1) is 6.74. The Labute approximate surface area is 86.5 Å². The minimum atomic E-state index is 0.412. The van der Waals surface area contributed by atoms with Crippen molar-refractivity contribution in [3.63, 3.8) is 0 Å². The van der Waals surface area contributed by atoms with Crippen LogP contribution in [-0.4, -0.2) is 6.04 Å². The molecule has 14 heavy (non-hydrogen) atoms. The molecular formula is C12H20N2. The molecule has 0 aromatic heterocycles. The number of nitrogens with two attached hydrogens (primary N) is 1. The van der Waals surface area contributed by atoms with Gasteiger partial charge in [0.2, 0.25) is 0 Å². The predicted octanol–water partition coefficient (Wildman–Crippen LogP) is 2.11. The van der Waals surface area contributed by atoms with Crippen molar-refractivity contribution < 1.29 is 0 Å². The van der Waals surface area contributed by atoms with Crippen molar-refractivity contribution in [2.24, 2.45) is 11.8 Å². The maximum absolute atomic E-state index is 5.49. The minimum Gasteiger partial charge on any atom is -0.271 e. The van der Waals surface area contributed by atoms with Gasteiger partial charge < -0.3 is 0 Å². The first-order valence-corrected chi connectivity index (χ1v) is 5.24. The van der Waals surface area contributed by atoms with Crippen molar-refractivity contribution in [3.8, 4) is 0 Å². The van der Waals surface area contributed by atoms with E-state index in [1.165, 1.54) is 5.56 Å². The van der Waals surface area contributed by atoms with Gasteiger partial charge >= 0.3 is 0 Å². The fourth-order valence-electron chi connectivity index (χ4n) is 1.58. The van der Waals surface area contributed by atoms with E-state index in [-0.39, 0.29) is 0 Å². The summed E-state index contributed by atoms with van der Waals surface area (Å²) in [5.41, 5.74) is 4.25. The van der Waals surface area contributed by atoms with Gasteiger partial charge in [0.15, 0.2) is 0 Å². The molecular weight excluding hydrogens is 172 g/mol. The minimum absolute atomic E-state index is 0.412. The van der Waals surface area contributed by atoms with Crippen molar-refractivity contribution in [1.82, 2.24) is 5.43 Å². The van der Waals surface area contributed by atoms with E-state index in [1.807, 2.05) is 6.07 Å². The molecule has 1 atom stereocenters. The maximum Gasteiger partial charge on any atom is 0.0236 e. The van der Waals surface area contributed by atoms with Crippen LogP contribution in [0.2, 0.25) is 0 Å². The third-order valence-corrected chi connectivity index (χ3v) is 2.61. The second-order valence-corrected chi connectivity index (χ2v) is 4.04. The van der Waals surface area contributed by atoms with E-state index < -0.39 is 0 Å². The van der Waals surface area contributed by atoms with Gasteiger partial charge in [-0.05, 0) is 24.3 Å². The van der Waals surface area contributed by atoms with Crippen molar-refractivity contribution in [2.75, 3.05) is 0 Å². The van der Waals surface area contributed by atoms with Gasteiger partial charge in [-0.15, -0.1) is 0 Å². The highest BCUT2D eigenvalue weighted by Gasteiger charge is 2.10. The standard InChI is InChI=1S/C12H20N2/c1-10(2)12(14-13)9-8-11-6-4-3-5-7-11/h3-7,10,12,14H,8-9,13H2,1-2H3. The molecule has 2 heteroatoms. The monoisotopic (exact) mass is 192 g/mol. The van der Waals surface area contributed by atoms with Crippen LogP contribution in [0.4, 0.5) is 0 Å². The quantitative estimate of drug-likeness (QED) is 0.554. The Balaban J connectivity index is 2.40. The Morgan fingerprint density at radius 1 is 1.21 bits per heavy atom. The SMILES string of the molecule is CC(C)C(CCc1ccccc1)NN. The van der Waals surface area contributed by atoms with E-state index in [0.29, 0.717) is 12.0 Å². The molecule has 0 bridgehead atoms. The van der Waals surface area contributed by atoms with Gasteiger partial charge in [0.25, 0.3) is 0 Å². The number of hydrogen-bond donors (Lipinski definition) is 2. The summed E-state index contributed by atoms with van der Waals surface area (Å²) in [6, 6.07) is 10.9. The summed E-state index contributed by atoms with van der Waals surface area (Å²) in [6.07, 6.45) is 2.19. The zero-order valence-corrected chi connectivity index (χ0v) is 9.03. The van der Waals surface area contributed by atoms with E-state index in [4.69, 9.17) is 5.84 Å². The highest BCUT2D eigenvalue weighted by Crippen LogP contribution is 2.10. The summed E-state index contributed by atoms with van der Waals surface area (Å²) in [4.78, 5) is 0. The van der Waals surface area contributed by atoms with E-state index >= 15 is 0 Å². The molecule has 0 aliphatic rings. The van der Waals surface area contributed by atoms with Gasteiger partial charge in [-0.1, -0.05) is 44.2 Å². The molecule has 0 aliphatic heterocycles. The number of benzene rings is 1. The van der Waals surface area contributed by atoms with Crippen LogP contribution in [-0.2, 0) is 6.42 Å². The average Bonchev–Trinajstić information content (AvgIpc) is 2.20. The molecule has 0 fully saturated rings. The molecule has 1 unspecified atom stereocenters. The number of rotatable bonds is 5. The molecule has 0 radical (unpaired) electrons. The highest BCUT2D eigenvalue weighted by atomic mass is 15.2. The number of aryl methyl sites for hydroxylation is 1. The molecule has 2 nitrogen and oxygen atoms in total. The molecule has 1 aromatic rings. The Morgan fingerprint density at radius 2 is 1.86 bits per heavy atom. The molecule has 0 saturated heterocycles. The van der Waals surface area contributed by atoms with Crippen molar-refractivity contribution >= 4 is 0 Å². The number of hydrogen-bond acceptors (Lipinski definition) is 2. The lowest BCUT2D eigenvalue weighted by molar-refractivity contribution is 0.384. The van der Waals surface area contributed by atoms with Crippen LogP contribution in [0.1, 0.15) is 25.8 Å². The molecule has 0 heterocycles. The molecule has 3 N–H and O–H groups in total. The average molecular weight is 192 g/mol. The predicted molar refractivity (Wildman–Crippen MR) is 60.7 cm³/mol. The van der Waals surface area contributed by atoms with Crippen molar-refractivity contribution in [3.05, 3.63) is 35.9 Å². The largest absolute Gasteiger partial charge is 0.271 e. The summed E-state index contributed by atoms with van der Waals surface area (Å²) < 4.78 is 0. The van der Waals surface area contributed by atoms with E-state index in [1.54, 1.807) is 0 Å². The summed E-state index contributed by atoms with van der Waals surface area (Å²) in [5, 5.41) is 0. The van der Waals surface area contributed by atoms with Crippen LogP contribution < -0.4 is 11.3 Å². The van der Waals surface area contributed by atoms with Crippen molar-refractivity contribution in [1.29, 1.82) is 0 Å². The molecule has 1 aromatic carbocycles. The molecule has 0 aliphatic carbocycles. The molecule has 0 saturated carbocycles. The summed E-state index contributed by atoms with van der Waals surface area (Å²) in [6.45, 7) is 4.38. The fourth-order valence-corrected chi connectivity index (χ4v) is 1.58. The molecule has 0 spiro atoms. The molecule has 1 rings (SSSR count). The second-order valence-electron chi connectivity index (χ2n) is 4.04. The lowest BCUT2D eigenvalue weighted by atomic mass is 9.97. The molecule has 0 amide bonds. The van der Waals surface area contributed by atoms with Crippen LogP contribution >= 0.6 is 0 Å². The topological polar surface area (TPSA) is 38.0 Å². The number of hydrazine groups is 1. The van der Waals surface area contributed by atoms with E-state index in [9.17, 15) is 0 Å². The van der Waals surface area contributed by atoms with Crippen LogP contribution in [0.15, 0.2) is 30.3 Å². The number of nitrogens with one attached hydrogen (secondary N) is 1. The Hall–Kier alpha value is -0.860. The van der Waals surface area contributed by atoms with Crippen LogP contribution in [0.25, 0.3) is 0 Å². The summed E-state index contributed by atoms with van der Waals surface area (Å²) in [7, 11) is 0. The lowest BCUT2D eigenvalue weighted by Gasteiger charge is -2.19. The Kier molecular flexibility index (Phi) is 4.63. The first-order valence-electron chi connectivity index (χ1n) is 5.24. The maximum atomic E-state index is 5.49. The van der Waals surface area contributed by atoms with Gasteiger partial charge in [0.05, 0.1) is 0 Å². The smallest absolute Gasteiger partial charge is 0.0236 e. The molecule has 78 valence electrons. The Bertz CT molecular complexity index is 244. The van der Waals surface area contributed by atoms with E-state index in [0.717, 1.165) is 12.8 Å². The van der Waals surface area contributed by atoms with Crippen LogP contribution in [0.3, 0.4) is 0 Å². The van der Waals surface area contributed by atoms with Crippen LogP contribution in [0, 0.1) is 5.92 Å². The zero-order valence-electron chi connectivity index (χ0n) is 9.03. The normalized spacial score (nSPS) is 13.1. The van der Waals surface area contributed by atoms with Gasteiger partial charge in [-0.2, -0.15) is 0 Å². The second kappa shape index (κ2) is 5.78. The lowest BCUT2D eigenvalue weighted by Crippen LogP contribution is -2.39. The summed E-state index contributed by atoms with van der Waals surface area (Å²) in [5.74, 6) is 6.07.